The van der Waals surface area contributed by atoms with Gasteiger partial charge in [0.15, 0.2) is 0 Å². The number of fused-ring (bicyclic) bond motifs is 1. The highest BCUT2D eigenvalue weighted by atomic mass is 15.8. The highest BCUT2D eigenvalue weighted by Crippen LogP contribution is 2.45. The van der Waals surface area contributed by atoms with Crippen LogP contribution in [-0.4, -0.2) is 16.7 Å². The largest absolute Gasteiger partial charge is 0.287 e. The lowest BCUT2D eigenvalue weighted by molar-refractivity contribution is 0.371. The van der Waals surface area contributed by atoms with Crippen LogP contribution in [0.2, 0.25) is 0 Å². The first kappa shape index (κ1) is 9.92. The van der Waals surface area contributed by atoms with Crippen LogP contribution < -0.4 is 0 Å². The van der Waals surface area contributed by atoms with Crippen molar-refractivity contribution < 1.29 is 0 Å². The van der Waals surface area contributed by atoms with Gasteiger partial charge in [-0.05, 0) is 17.2 Å². The molecule has 4 rings (SSSR count). The van der Waals surface area contributed by atoms with E-state index in [4.69, 9.17) is 0 Å². The van der Waals surface area contributed by atoms with Crippen molar-refractivity contribution in [2.24, 2.45) is 0 Å². The van der Waals surface area contributed by atoms with E-state index in [0.29, 0.717) is 6.04 Å². The predicted octanol–water partition coefficient (Wildman–Crippen LogP) is 3.27. The summed E-state index contributed by atoms with van der Waals surface area (Å²) in [5, 5.41) is 4.73. The molecule has 2 heterocycles. The van der Waals surface area contributed by atoms with Crippen molar-refractivity contribution in [3.05, 3.63) is 77.9 Å². The Morgan fingerprint density at radius 3 is 2.22 bits per heavy atom. The van der Waals surface area contributed by atoms with Gasteiger partial charge in [0.25, 0.3) is 0 Å². The van der Waals surface area contributed by atoms with Crippen molar-refractivity contribution in [1.82, 2.24) is 10.0 Å². The first-order valence-electron chi connectivity index (χ1n) is 6.30. The molecule has 0 amide bonds. The minimum absolute atomic E-state index is 0.404. The van der Waals surface area contributed by atoms with Crippen LogP contribution in [0.15, 0.2) is 66.7 Å². The van der Waals surface area contributed by atoms with E-state index in [9.17, 15) is 0 Å². The summed E-state index contributed by atoms with van der Waals surface area (Å²) >= 11 is 0. The minimum atomic E-state index is 0.404. The van der Waals surface area contributed by atoms with E-state index in [1.807, 2.05) is 0 Å². The first-order chi connectivity index (χ1) is 8.93. The lowest BCUT2D eigenvalue weighted by Gasteiger charge is -2.08. The number of benzene rings is 2. The van der Waals surface area contributed by atoms with E-state index in [1.54, 1.807) is 0 Å². The van der Waals surface area contributed by atoms with Crippen molar-refractivity contribution in [2.45, 2.75) is 6.04 Å². The summed E-state index contributed by atoms with van der Waals surface area (Å²) < 4.78 is 0. The molecule has 0 bridgehead atoms. The fraction of sp³-hybridized carbons (Fsp3) is 0.125. The van der Waals surface area contributed by atoms with Gasteiger partial charge in [0.1, 0.15) is 6.67 Å². The Kier molecular flexibility index (Phi) is 2.05. The van der Waals surface area contributed by atoms with Crippen LogP contribution in [0.5, 0.6) is 0 Å². The lowest BCUT2D eigenvalue weighted by Crippen LogP contribution is -2.04. The molecule has 2 nitrogen and oxygen atoms in total. The highest BCUT2D eigenvalue weighted by molar-refractivity contribution is 5.68. The summed E-state index contributed by atoms with van der Waals surface area (Å²) in [6, 6.07) is 21.7. The molecule has 1 saturated heterocycles. The van der Waals surface area contributed by atoms with Crippen molar-refractivity contribution in [2.75, 3.05) is 6.67 Å². The average Bonchev–Trinajstić information content (AvgIpc) is 3.15. The third kappa shape index (κ3) is 1.46. The highest BCUT2D eigenvalue weighted by Gasteiger charge is 2.44. The molecule has 0 saturated carbocycles. The van der Waals surface area contributed by atoms with Crippen LogP contribution in [0.3, 0.4) is 0 Å². The molecule has 2 aromatic rings. The summed E-state index contributed by atoms with van der Waals surface area (Å²) in [5.41, 5.74) is 4.01. The molecule has 2 aliphatic heterocycles. The summed E-state index contributed by atoms with van der Waals surface area (Å²) in [4.78, 5) is 0. The van der Waals surface area contributed by atoms with E-state index >= 15 is 0 Å². The van der Waals surface area contributed by atoms with Crippen LogP contribution in [0.25, 0.3) is 5.70 Å². The average molecular weight is 234 g/mol. The molecular weight excluding hydrogens is 220 g/mol. The van der Waals surface area contributed by atoms with Gasteiger partial charge in [-0.15, -0.1) is 0 Å². The maximum atomic E-state index is 2.39. The monoisotopic (exact) mass is 234 g/mol. The zero-order chi connectivity index (χ0) is 11.9. The fourth-order valence-corrected chi connectivity index (χ4v) is 2.66. The normalized spacial score (nSPS) is 24.7. The summed E-state index contributed by atoms with van der Waals surface area (Å²) in [6.07, 6.45) is 2.36. The van der Waals surface area contributed by atoms with Gasteiger partial charge >= 0.3 is 0 Å². The molecule has 2 atom stereocenters. The zero-order valence-corrected chi connectivity index (χ0v) is 10.0. The first-order valence-corrected chi connectivity index (χ1v) is 6.30. The lowest BCUT2D eigenvalue weighted by atomic mass is 10.0. The maximum Gasteiger partial charge on any atom is 0.106 e. The predicted molar refractivity (Wildman–Crippen MR) is 72.1 cm³/mol. The van der Waals surface area contributed by atoms with Crippen molar-refractivity contribution in [3.63, 3.8) is 0 Å². The smallest absolute Gasteiger partial charge is 0.106 e. The van der Waals surface area contributed by atoms with Crippen LogP contribution in [0, 0.1) is 0 Å². The van der Waals surface area contributed by atoms with Crippen LogP contribution in [-0.2, 0) is 0 Å². The number of hydrogen-bond donors (Lipinski definition) is 0. The van der Waals surface area contributed by atoms with Gasteiger partial charge in [-0.1, -0.05) is 60.7 Å². The van der Waals surface area contributed by atoms with Crippen LogP contribution in [0.1, 0.15) is 17.2 Å². The number of rotatable bonds is 2. The molecule has 2 aliphatic rings. The molecule has 0 spiro atoms. The Morgan fingerprint density at radius 1 is 0.833 bits per heavy atom. The molecule has 0 radical (unpaired) electrons. The molecule has 18 heavy (non-hydrogen) atoms. The molecule has 88 valence electrons. The van der Waals surface area contributed by atoms with Gasteiger partial charge in [-0.3, -0.25) is 5.01 Å². The van der Waals surface area contributed by atoms with Gasteiger partial charge in [-0.2, -0.15) is 5.01 Å². The number of nitrogens with zero attached hydrogens (tertiary/aromatic N) is 2. The second-order valence-corrected chi connectivity index (χ2v) is 4.75. The van der Waals surface area contributed by atoms with Crippen molar-refractivity contribution >= 4 is 5.70 Å². The Hall–Kier alpha value is -2.06. The fourth-order valence-electron chi connectivity index (χ4n) is 2.66. The van der Waals surface area contributed by atoms with Crippen LogP contribution in [0.4, 0.5) is 0 Å². The molecule has 1 unspecified atom stereocenters. The maximum absolute atomic E-state index is 2.39. The molecule has 1 fully saturated rings. The zero-order valence-electron chi connectivity index (χ0n) is 10.0. The molecule has 2 aromatic carbocycles. The Bertz CT molecular complexity index is 589. The Balaban J connectivity index is 1.72. The van der Waals surface area contributed by atoms with Gasteiger partial charge in [0, 0.05) is 0 Å². The molecule has 0 aromatic heterocycles. The van der Waals surface area contributed by atoms with E-state index in [1.165, 1.54) is 16.8 Å². The summed E-state index contributed by atoms with van der Waals surface area (Å²) in [5.74, 6) is 0. The van der Waals surface area contributed by atoms with Gasteiger partial charge in [-0.25, -0.2) is 0 Å². The molecule has 0 N–H and O–H groups in total. The SMILES string of the molecule is C1=C(c2ccccc2)N2C[N@]2C1c1ccccc1. The van der Waals surface area contributed by atoms with Gasteiger partial charge < -0.3 is 0 Å². The third-order valence-corrected chi connectivity index (χ3v) is 3.63. The Labute approximate surface area is 107 Å². The van der Waals surface area contributed by atoms with E-state index in [2.05, 4.69) is 76.8 Å². The second kappa shape index (κ2) is 3.72. The van der Waals surface area contributed by atoms with E-state index < -0.39 is 0 Å². The molecule has 0 aliphatic carbocycles. The number of hydrogen-bond acceptors (Lipinski definition) is 2. The molecular formula is C16H14N2. The topological polar surface area (TPSA) is 6.02 Å². The van der Waals surface area contributed by atoms with Gasteiger partial charge in [0.2, 0.25) is 0 Å². The van der Waals surface area contributed by atoms with Crippen molar-refractivity contribution in [1.29, 1.82) is 0 Å². The van der Waals surface area contributed by atoms with E-state index in [-0.39, 0.29) is 0 Å². The summed E-state index contributed by atoms with van der Waals surface area (Å²) in [6.45, 7) is 1.04. The standard InChI is InChI=1S/C16H14N2/c1-3-7-13(8-4-1)15-11-16(18-12-17(15)18)14-9-5-2-6-10-14/h1-11,15H,12H2/t15?,17-,18?/m1/s1. The minimum Gasteiger partial charge on any atom is -0.287 e. The Morgan fingerprint density at radius 2 is 1.50 bits per heavy atom. The third-order valence-electron chi connectivity index (χ3n) is 3.63. The summed E-state index contributed by atoms with van der Waals surface area (Å²) in [7, 11) is 0. The second-order valence-electron chi connectivity index (χ2n) is 4.75. The van der Waals surface area contributed by atoms with Gasteiger partial charge in [0.05, 0.1) is 11.7 Å². The van der Waals surface area contributed by atoms with Crippen LogP contribution >= 0.6 is 0 Å². The molecule has 2 heteroatoms. The number of hydrazine groups is 1. The van der Waals surface area contributed by atoms with E-state index in [0.717, 1.165) is 6.67 Å². The quantitative estimate of drug-likeness (QED) is 0.735. The van der Waals surface area contributed by atoms with Crippen molar-refractivity contribution in [3.8, 4) is 0 Å².